The number of benzene rings is 1. The molecule has 0 aliphatic rings. The van der Waals surface area contributed by atoms with Crippen molar-refractivity contribution in [3.8, 4) is 5.69 Å². The molecule has 0 atom stereocenters. The molecule has 4 rings (SSSR count). The lowest BCUT2D eigenvalue weighted by Gasteiger charge is -2.05. The Balaban J connectivity index is 2.04. The molecule has 0 fully saturated rings. The predicted octanol–water partition coefficient (Wildman–Crippen LogP) is 0.744. The second-order valence-electron chi connectivity index (χ2n) is 4.65. The maximum absolute atomic E-state index is 11.4. The van der Waals surface area contributed by atoms with Crippen LogP contribution < -0.4 is 5.73 Å². The van der Waals surface area contributed by atoms with E-state index in [4.69, 9.17) is 5.73 Å². The van der Waals surface area contributed by atoms with E-state index in [1.807, 2.05) is 24.3 Å². The van der Waals surface area contributed by atoms with Crippen LogP contribution in [0, 0.1) is 0 Å². The van der Waals surface area contributed by atoms with Crippen molar-refractivity contribution in [2.24, 2.45) is 0 Å². The standard InChI is InChI=1S/C13H9N7O2/c14-13-15-11-8(12(21)22)5-7(6-19(11)17-13)20-10-4-2-1-3-9(10)16-18-20/h1-6H,(H2,14,17)(H,21,22). The fourth-order valence-electron chi connectivity index (χ4n) is 2.32. The molecule has 0 amide bonds. The van der Waals surface area contributed by atoms with Gasteiger partial charge in [0.15, 0.2) is 5.65 Å². The van der Waals surface area contributed by atoms with E-state index in [0.717, 1.165) is 5.52 Å². The van der Waals surface area contributed by atoms with E-state index in [-0.39, 0.29) is 17.2 Å². The number of pyridine rings is 1. The summed E-state index contributed by atoms with van der Waals surface area (Å²) in [6.07, 6.45) is 1.60. The van der Waals surface area contributed by atoms with Gasteiger partial charge >= 0.3 is 5.97 Å². The van der Waals surface area contributed by atoms with Crippen LogP contribution in [0.5, 0.6) is 0 Å². The third-order valence-electron chi connectivity index (χ3n) is 3.26. The van der Waals surface area contributed by atoms with E-state index in [0.29, 0.717) is 11.2 Å². The van der Waals surface area contributed by atoms with Crippen molar-refractivity contribution >= 4 is 28.6 Å². The van der Waals surface area contributed by atoms with Crippen LogP contribution in [0.1, 0.15) is 10.4 Å². The summed E-state index contributed by atoms with van der Waals surface area (Å²) >= 11 is 0. The number of hydrogen-bond acceptors (Lipinski definition) is 6. The minimum Gasteiger partial charge on any atom is -0.478 e. The highest BCUT2D eigenvalue weighted by atomic mass is 16.4. The van der Waals surface area contributed by atoms with Crippen molar-refractivity contribution < 1.29 is 9.90 Å². The number of nitrogens with two attached hydrogens (primary N) is 1. The number of carboxylic acids is 1. The minimum absolute atomic E-state index is 0.00287. The van der Waals surface area contributed by atoms with Gasteiger partial charge in [-0.3, -0.25) is 0 Å². The Morgan fingerprint density at radius 1 is 1.27 bits per heavy atom. The Morgan fingerprint density at radius 3 is 2.91 bits per heavy atom. The van der Waals surface area contributed by atoms with Gasteiger partial charge in [-0.1, -0.05) is 17.3 Å². The molecule has 9 heteroatoms. The van der Waals surface area contributed by atoms with Gasteiger partial charge in [-0.05, 0) is 18.2 Å². The van der Waals surface area contributed by atoms with Gasteiger partial charge in [0.2, 0.25) is 5.95 Å². The van der Waals surface area contributed by atoms with Crippen molar-refractivity contribution in [1.29, 1.82) is 0 Å². The van der Waals surface area contributed by atoms with Crippen LogP contribution in [0.3, 0.4) is 0 Å². The normalized spacial score (nSPS) is 11.3. The number of rotatable bonds is 2. The van der Waals surface area contributed by atoms with E-state index >= 15 is 0 Å². The molecule has 3 N–H and O–H groups in total. The first kappa shape index (κ1) is 12.3. The second-order valence-corrected chi connectivity index (χ2v) is 4.65. The summed E-state index contributed by atoms with van der Waals surface area (Å²) in [6.45, 7) is 0. The Kier molecular flexibility index (Phi) is 2.37. The molecule has 1 aromatic carbocycles. The highest BCUT2D eigenvalue weighted by molar-refractivity contribution is 5.95. The van der Waals surface area contributed by atoms with Crippen molar-refractivity contribution in [2.75, 3.05) is 5.73 Å². The Labute approximate surface area is 122 Å². The Bertz CT molecular complexity index is 1030. The number of nitrogens with zero attached hydrogens (tertiary/aromatic N) is 6. The zero-order valence-electron chi connectivity index (χ0n) is 11.1. The first-order valence-corrected chi connectivity index (χ1v) is 6.33. The van der Waals surface area contributed by atoms with E-state index in [1.54, 1.807) is 10.9 Å². The topological polar surface area (TPSA) is 124 Å². The van der Waals surface area contributed by atoms with Crippen LogP contribution in [0.4, 0.5) is 5.95 Å². The smallest absolute Gasteiger partial charge is 0.339 e. The lowest BCUT2D eigenvalue weighted by atomic mass is 10.2. The van der Waals surface area contributed by atoms with E-state index in [9.17, 15) is 9.90 Å². The molecule has 3 heterocycles. The molecule has 0 saturated carbocycles. The second kappa shape index (κ2) is 4.25. The number of carbonyl (C=O) groups is 1. The highest BCUT2D eigenvalue weighted by Gasteiger charge is 2.16. The largest absolute Gasteiger partial charge is 0.478 e. The average Bonchev–Trinajstić information content (AvgIpc) is 3.07. The third-order valence-corrected chi connectivity index (χ3v) is 3.26. The van der Waals surface area contributed by atoms with Gasteiger partial charge in [-0.25, -0.2) is 14.0 Å². The fourth-order valence-corrected chi connectivity index (χ4v) is 2.32. The molecule has 0 unspecified atom stereocenters. The molecule has 0 aliphatic carbocycles. The summed E-state index contributed by atoms with van der Waals surface area (Å²) in [7, 11) is 0. The van der Waals surface area contributed by atoms with Gasteiger partial charge in [-0.2, -0.15) is 4.98 Å². The quantitative estimate of drug-likeness (QED) is 0.559. The molecule has 0 bridgehead atoms. The number of nitrogen functional groups attached to an aromatic ring is 1. The zero-order chi connectivity index (χ0) is 15.3. The van der Waals surface area contributed by atoms with Gasteiger partial charge < -0.3 is 10.8 Å². The maximum Gasteiger partial charge on any atom is 0.339 e. The van der Waals surface area contributed by atoms with Crippen LogP contribution in [0.25, 0.3) is 22.4 Å². The zero-order valence-corrected chi connectivity index (χ0v) is 11.1. The number of para-hydroxylation sites is 1. The van der Waals surface area contributed by atoms with E-state index < -0.39 is 5.97 Å². The number of carboxylic acid groups (broad SMARTS) is 1. The third kappa shape index (κ3) is 1.69. The number of fused-ring (bicyclic) bond motifs is 2. The van der Waals surface area contributed by atoms with Crippen molar-refractivity contribution in [1.82, 2.24) is 29.6 Å². The molecular formula is C13H9N7O2. The first-order valence-electron chi connectivity index (χ1n) is 6.33. The molecule has 9 nitrogen and oxygen atoms in total. The van der Waals surface area contributed by atoms with Crippen LogP contribution in [-0.4, -0.2) is 40.7 Å². The summed E-state index contributed by atoms with van der Waals surface area (Å²) in [5, 5.41) is 21.4. The molecule has 108 valence electrons. The van der Waals surface area contributed by atoms with Crippen LogP contribution in [0.15, 0.2) is 36.5 Å². The molecule has 0 aliphatic heterocycles. The minimum atomic E-state index is -1.12. The number of aromatic carboxylic acids is 1. The van der Waals surface area contributed by atoms with Crippen molar-refractivity contribution in [3.05, 3.63) is 42.1 Å². The molecule has 22 heavy (non-hydrogen) atoms. The molecule has 4 aromatic rings. The highest BCUT2D eigenvalue weighted by Crippen LogP contribution is 2.19. The molecular weight excluding hydrogens is 286 g/mol. The van der Waals surface area contributed by atoms with Crippen molar-refractivity contribution in [3.63, 3.8) is 0 Å². The summed E-state index contributed by atoms with van der Waals surface area (Å²) in [4.78, 5) is 15.4. The predicted molar refractivity (Wildman–Crippen MR) is 76.8 cm³/mol. The van der Waals surface area contributed by atoms with E-state index in [1.165, 1.54) is 10.6 Å². The Morgan fingerprint density at radius 2 is 2.09 bits per heavy atom. The monoisotopic (exact) mass is 295 g/mol. The summed E-state index contributed by atoms with van der Waals surface area (Å²) < 4.78 is 2.86. The maximum atomic E-state index is 11.4. The first-order chi connectivity index (χ1) is 10.6. The van der Waals surface area contributed by atoms with Crippen LogP contribution in [0.2, 0.25) is 0 Å². The lowest BCUT2D eigenvalue weighted by molar-refractivity contribution is 0.0698. The van der Waals surface area contributed by atoms with Gasteiger partial charge in [0.05, 0.1) is 17.4 Å². The number of aromatic nitrogens is 6. The molecule has 3 aromatic heterocycles. The van der Waals surface area contributed by atoms with Gasteiger partial charge in [0.1, 0.15) is 11.1 Å². The Hall–Kier alpha value is -3.49. The molecule has 0 spiro atoms. The SMILES string of the molecule is Nc1nc2c(C(=O)O)cc(-n3nnc4ccccc43)cn2n1. The van der Waals surface area contributed by atoms with E-state index in [2.05, 4.69) is 20.4 Å². The van der Waals surface area contributed by atoms with Crippen LogP contribution in [-0.2, 0) is 0 Å². The summed E-state index contributed by atoms with van der Waals surface area (Å²) in [5.74, 6) is -1.12. The summed E-state index contributed by atoms with van der Waals surface area (Å²) in [5.41, 5.74) is 7.68. The summed E-state index contributed by atoms with van der Waals surface area (Å²) in [6, 6.07) is 8.84. The van der Waals surface area contributed by atoms with Crippen molar-refractivity contribution in [2.45, 2.75) is 0 Å². The number of anilines is 1. The van der Waals surface area contributed by atoms with Gasteiger partial charge in [-0.15, -0.1) is 10.2 Å². The molecule has 0 saturated heterocycles. The fraction of sp³-hybridized carbons (Fsp3) is 0. The lowest BCUT2D eigenvalue weighted by Crippen LogP contribution is -2.06. The number of hydrogen-bond donors (Lipinski definition) is 2. The average molecular weight is 295 g/mol. The van der Waals surface area contributed by atoms with Crippen LogP contribution >= 0.6 is 0 Å². The molecule has 0 radical (unpaired) electrons. The van der Waals surface area contributed by atoms with Gasteiger partial charge in [0, 0.05) is 0 Å². The van der Waals surface area contributed by atoms with Gasteiger partial charge in [0.25, 0.3) is 0 Å².